The second-order valence-corrected chi connectivity index (χ2v) is 7.61. The number of piperidine rings is 1. The van der Waals surface area contributed by atoms with E-state index in [0.29, 0.717) is 23.9 Å². The first-order chi connectivity index (χ1) is 14.3. The van der Waals surface area contributed by atoms with Crippen molar-refractivity contribution >= 4 is 16.9 Å². The number of hydrogen-bond donors (Lipinski definition) is 1. The minimum Gasteiger partial charge on any atom is -0.355 e. The number of hydrogen-bond acceptors (Lipinski definition) is 4. The minimum absolute atomic E-state index is 0.0646. The number of carbonyl (C=O) groups excluding carboxylic acids is 1. The van der Waals surface area contributed by atoms with Gasteiger partial charge in [-0.05, 0) is 30.9 Å². The molecule has 0 radical (unpaired) electrons. The van der Waals surface area contributed by atoms with Gasteiger partial charge in [0.1, 0.15) is 5.82 Å². The quantitative estimate of drug-likeness (QED) is 0.567. The molecule has 1 fully saturated rings. The van der Waals surface area contributed by atoms with Gasteiger partial charge in [0.15, 0.2) is 11.5 Å². The summed E-state index contributed by atoms with van der Waals surface area (Å²) in [5.74, 6) is 1.92. The number of nitrogens with zero attached hydrogens (tertiary/aromatic N) is 3. The molecule has 4 aromatic rings. The number of rotatable bonds is 4. The van der Waals surface area contributed by atoms with Crippen LogP contribution in [0.5, 0.6) is 0 Å². The third kappa shape index (κ3) is 3.66. The number of nitrogens with one attached hydrogen (secondary N) is 1. The van der Waals surface area contributed by atoms with E-state index in [1.54, 1.807) is 6.07 Å². The van der Waals surface area contributed by atoms with Crippen LogP contribution < -0.4 is 0 Å². The van der Waals surface area contributed by atoms with Crippen molar-refractivity contribution in [2.75, 3.05) is 13.1 Å². The molecule has 1 atom stereocenters. The zero-order valence-corrected chi connectivity index (χ0v) is 16.0. The normalized spacial score (nSPS) is 17.0. The Labute approximate surface area is 168 Å². The maximum atomic E-state index is 13.0. The second-order valence-electron chi connectivity index (χ2n) is 7.61. The van der Waals surface area contributed by atoms with Crippen LogP contribution in [0, 0.1) is 5.92 Å². The average molecular weight is 386 g/mol. The predicted molar refractivity (Wildman–Crippen MR) is 110 cm³/mol. The first kappa shape index (κ1) is 17.7. The zero-order valence-electron chi connectivity index (χ0n) is 16.0. The number of fused-ring (bicyclic) bond motifs is 1. The van der Waals surface area contributed by atoms with Gasteiger partial charge in [-0.25, -0.2) is 4.98 Å². The molecule has 0 spiro atoms. The molecule has 1 saturated heterocycles. The largest absolute Gasteiger partial charge is 0.355 e. The smallest absolute Gasteiger partial charge is 0.276 e. The van der Waals surface area contributed by atoms with Crippen molar-refractivity contribution < 1.29 is 9.32 Å². The van der Waals surface area contributed by atoms with E-state index >= 15 is 0 Å². The molecule has 0 bridgehead atoms. The van der Waals surface area contributed by atoms with E-state index in [1.165, 1.54) is 0 Å². The number of likely N-dealkylation sites (tertiary alicyclic amines) is 1. The lowest BCUT2D eigenvalue weighted by Gasteiger charge is -2.31. The fraction of sp³-hybridized carbons (Fsp3) is 0.261. The molecule has 1 unspecified atom stereocenters. The Morgan fingerprint density at radius 2 is 1.97 bits per heavy atom. The molecular weight excluding hydrogens is 364 g/mol. The maximum absolute atomic E-state index is 13.0. The van der Waals surface area contributed by atoms with E-state index in [4.69, 9.17) is 4.52 Å². The Morgan fingerprint density at radius 3 is 2.83 bits per heavy atom. The first-order valence-electron chi connectivity index (χ1n) is 10.0. The third-order valence-electron chi connectivity index (χ3n) is 5.51. The lowest BCUT2D eigenvalue weighted by Crippen LogP contribution is -2.40. The van der Waals surface area contributed by atoms with Gasteiger partial charge in [-0.1, -0.05) is 47.6 Å². The van der Waals surface area contributed by atoms with Crippen LogP contribution in [0.15, 0.2) is 65.2 Å². The molecular formula is C23H22N4O2. The van der Waals surface area contributed by atoms with Crippen molar-refractivity contribution in [3.8, 4) is 11.3 Å². The van der Waals surface area contributed by atoms with Crippen LogP contribution in [0.2, 0.25) is 0 Å². The minimum atomic E-state index is -0.0646. The Morgan fingerprint density at radius 1 is 1.14 bits per heavy atom. The fourth-order valence-corrected chi connectivity index (χ4v) is 4.07. The summed E-state index contributed by atoms with van der Waals surface area (Å²) < 4.78 is 5.41. The molecule has 1 aliphatic heterocycles. The summed E-state index contributed by atoms with van der Waals surface area (Å²) in [5, 5.41) is 4.02. The summed E-state index contributed by atoms with van der Waals surface area (Å²) in [6.45, 7) is 1.46. The number of H-pyrrole nitrogens is 1. The highest BCUT2D eigenvalue weighted by Gasteiger charge is 2.27. The summed E-state index contributed by atoms with van der Waals surface area (Å²) in [4.78, 5) is 22.9. The summed E-state index contributed by atoms with van der Waals surface area (Å²) in [7, 11) is 0. The monoisotopic (exact) mass is 386 g/mol. The van der Waals surface area contributed by atoms with Gasteiger partial charge < -0.3 is 14.4 Å². The van der Waals surface area contributed by atoms with E-state index in [2.05, 4.69) is 15.1 Å². The lowest BCUT2D eigenvalue weighted by atomic mass is 9.94. The molecule has 0 aliphatic carbocycles. The van der Waals surface area contributed by atoms with Crippen LogP contribution in [0.1, 0.15) is 29.2 Å². The predicted octanol–water partition coefficient (Wildman–Crippen LogP) is 4.31. The van der Waals surface area contributed by atoms with E-state index in [-0.39, 0.29) is 5.91 Å². The van der Waals surface area contributed by atoms with Crippen LogP contribution in [-0.4, -0.2) is 39.0 Å². The molecule has 2 aromatic heterocycles. The molecule has 3 heterocycles. The lowest BCUT2D eigenvalue weighted by molar-refractivity contribution is 0.0662. The Kier molecular flexibility index (Phi) is 4.60. The number of aromatic nitrogens is 3. The second kappa shape index (κ2) is 7.54. The van der Waals surface area contributed by atoms with Crippen LogP contribution in [0.4, 0.5) is 0 Å². The number of aromatic amines is 1. The standard InChI is InChI=1S/C23H22N4O2/c28-23(20-14-21(29-26-20)17-8-2-1-3-9-17)27-12-6-7-16(15-27)13-22-24-18-10-4-5-11-19(18)25-22/h1-5,8-11,14,16H,6-7,12-13,15H2,(H,24,25). The summed E-state index contributed by atoms with van der Waals surface area (Å²) in [6, 6.07) is 19.5. The summed E-state index contributed by atoms with van der Waals surface area (Å²) in [5.41, 5.74) is 3.33. The van der Waals surface area contributed by atoms with Gasteiger partial charge in [-0.3, -0.25) is 4.79 Å². The van der Waals surface area contributed by atoms with Crippen LogP contribution >= 0.6 is 0 Å². The van der Waals surface area contributed by atoms with Crippen molar-refractivity contribution in [2.24, 2.45) is 5.92 Å². The molecule has 1 amide bonds. The number of carbonyl (C=O) groups is 1. The van der Waals surface area contributed by atoms with Crippen molar-refractivity contribution in [2.45, 2.75) is 19.3 Å². The topological polar surface area (TPSA) is 75.0 Å². The molecule has 29 heavy (non-hydrogen) atoms. The van der Waals surface area contributed by atoms with Gasteiger partial charge in [0.05, 0.1) is 11.0 Å². The van der Waals surface area contributed by atoms with E-state index in [1.807, 2.05) is 59.5 Å². The van der Waals surface area contributed by atoms with Crippen LogP contribution in [0.25, 0.3) is 22.4 Å². The molecule has 1 aliphatic rings. The number of para-hydroxylation sites is 2. The van der Waals surface area contributed by atoms with E-state index in [0.717, 1.165) is 48.2 Å². The number of benzene rings is 2. The van der Waals surface area contributed by atoms with Crippen molar-refractivity contribution in [1.29, 1.82) is 0 Å². The van der Waals surface area contributed by atoms with Gasteiger partial charge in [0, 0.05) is 31.1 Å². The van der Waals surface area contributed by atoms with E-state index < -0.39 is 0 Å². The molecule has 5 rings (SSSR count). The third-order valence-corrected chi connectivity index (χ3v) is 5.51. The van der Waals surface area contributed by atoms with Crippen LogP contribution in [-0.2, 0) is 6.42 Å². The van der Waals surface area contributed by atoms with Gasteiger partial charge >= 0.3 is 0 Å². The van der Waals surface area contributed by atoms with E-state index in [9.17, 15) is 4.79 Å². The molecule has 2 aromatic carbocycles. The van der Waals surface area contributed by atoms with Gasteiger partial charge in [0.25, 0.3) is 5.91 Å². The summed E-state index contributed by atoms with van der Waals surface area (Å²) in [6.07, 6.45) is 2.92. The van der Waals surface area contributed by atoms with Crippen molar-refractivity contribution in [3.05, 3.63) is 72.2 Å². The average Bonchev–Trinajstić information content (AvgIpc) is 3.41. The highest BCUT2D eigenvalue weighted by atomic mass is 16.5. The zero-order chi connectivity index (χ0) is 19.6. The van der Waals surface area contributed by atoms with Crippen molar-refractivity contribution in [1.82, 2.24) is 20.0 Å². The Hall–Kier alpha value is -3.41. The summed E-state index contributed by atoms with van der Waals surface area (Å²) >= 11 is 0. The molecule has 146 valence electrons. The molecule has 1 N–H and O–H groups in total. The first-order valence-corrected chi connectivity index (χ1v) is 10.0. The maximum Gasteiger partial charge on any atom is 0.276 e. The van der Waals surface area contributed by atoms with Crippen LogP contribution in [0.3, 0.4) is 0 Å². The fourth-order valence-electron chi connectivity index (χ4n) is 4.07. The Balaban J connectivity index is 1.28. The molecule has 6 nitrogen and oxygen atoms in total. The highest BCUT2D eigenvalue weighted by molar-refractivity contribution is 5.93. The Bertz CT molecular complexity index is 1100. The van der Waals surface area contributed by atoms with Gasteiger partial charge in [0.2, 0.25) is 0 Å². The highest BCUT2D eigenvalue weighted by Crippen LogP contribution is 2.24. The van der Waals surface area contributed by atoms with Crippen molar-refractivity contribution in [3.63, 3.8) is 0 Å². The molecule has 0 saturated carbocycles. The number of imidazole rings is 1. The SMILES string of the molecule is O=C(c1cc(-c2ccccc2)on1)N1CCCC(Cc2nc3ccccc3[nH]2)C1. The number of amides is 1. The van der Waals surface area contributed by atoms with Gasteiger partial charge in [-0.2, -0.15) is 0 Å². The molecule has 6 heteroatoms. The van der Waals surface area contributed by atoms with Gasteiger partial charge in [-0.15, -0.1) is 0 Å².